The average molecular weight is 467 g/mol. The molecule has 7 heteroatoms. The lowest BCUT2D eigenvalue weighted by Crippen LogP contribution is -2.24. The van der Waals surface area contributed by atoms with E-state index in [2.05, 4.69) is 26.5 Å². The van der Waals surface area contributed by atoms with Crippen LogP contribution in [0.3, 0.4) is 0 Å². The topological polar surface area (TPSA) is 77.0 Å². The number of amides is 1. The van der Waals surface area contributed by atoms with Gasteiger partial charge in [0, 0.05) is 4.47 Å². The first-order chi connectivity index (χ1) is 14.5. The molecule has 0 radical (unpaired) electrons. The highest BCUT2D eigenvalue weighted by atomic mass is 79.9. The molecule has 0 fully saturated rings. The van der Waals surface area contributed by atoms with Crippen LogP contribution < -0.4 is 14.9 Å². The number of carbonyl (C=O) groups is 2. The summed E-state index contributed by atoms with van der Waals surface area (Å²) in [5.41, 5.74) is 4.60. The Labute approximate surface area is 182 Å². The minimum absolute atomic E-state index is 0.149. The van der Waals surface area contributed by atoms with Gasteiger partial charge in [-0.25, -0.2) is 10.2 Å². The van der Waals surface area contributed by atoms with Gasteiger partial charge >= 0.3 is 5.97 Å². The number of hydrogen-bond donors (Lipinski definition) is 1. The van der Waals surface area contributed by atoms with Gasteiger partial charge in [0.1, 0.15) is 11.5 Å². The molecule has 3 aromatic rings. The number of carbonyl (C=O) groups excluding carboxylic acids is 2. The van der Waals surface area contributed by atoms with E-state index in [-0.39, 0.29) is 12.5 Å². The molecule has 0 saturated heterocycles. The number of rotatable bonds is 7. The maximum absolute atomic E-state index is 12.3. The van der Waals surface area contributed by atoms with Crippen molar-refractivity contribution in [2.24, 2.45) is 5.10 Å². The zero-order valence-corrected chi connectivity index (χ0v) is 17.8. The summed E-state index contributed by atoms with van der Waals surface area (Å²) in [5, 5.41) is 3.91. The van der Waals surface area contributed by atoms with Gasteiger partial charge in [-0.3, -0.25) is 4.79 Å². The predicted molar refractivity (Wildman–Crippen MR) is 118 cm³/mol. The van der Waals surface area contributed by atoms with E-state index in [1.54, 1.807) is 54.6 Å². The molecule has 0 heterocycles. The number of hydrogen-bond acceptors (Lipinski definition) is 5. The third-order valence-corrected chi connectivity index (χ3v) is 4.65. The van der Waals surface area contributed by atoms with Crippen LogP contribution in [0.5, 0.6) is 11.5 Å². The predicted octanol–water partition coefficient (Wildman–Crippen LogP) is 4.51. The standard InChI is InChI=1S/C23H19BrN2O4/c1-16-9-11-18(12-10-16)29-15-22(27)26-25-14-17-5-4-6-19(13-17)30-23(28)20-7-2-3-8-21(20)24/h2-14H,15H2,1H3,(H,26,27)/b25-14+. The summed E-state index contributed by atoms with van der Waals surface area (Å²) in [6, 6.07) is 21.2. The van der Waals surface area contributed by atoms with Crippen molar-refractivity contribution in [1.82, 2.24) is 5.43 Å². The van der Waals surface area contributed by atoms with Crippen molar-refractivity contribution in [2.75, 3.05) is 6.61 Å². The SMILES string of the molecule is Cc1ccc(OCC(=O)N/N=C/c2cccc(OC(=O)c3ccccc3Br)c2)cc1. The molecule has 1 N–H and O–H groups in total. The lowest BCUT2D eigenvalue weighted by molar-refractivity contribution is -0.123. The fourth-order valence-corrected chi connectivity index (χ4v) is 2.89. The Morgan fingerprint density at radius 2 is 1.77 bits per heavy atom. The molecule has 6 nitrogen and oxygen atoms in total. The van der Waals surface area contributed by atoms with Crippen molar-refractivity contribution < 1.29 is 19.1 Å². The molecule has 0 bridgehead atoms. The van der Waals surface area contributed by atoms with E-state index in [1.807, 2.05) is 25.1 Å². The highest BCUT2D eigenvalue weighted by Crippen LogP contribution is 2.19. The van der Waals surface area contributed by atoms with Gasteiger partial charge in [-0.1, -0.05) is 42.0 Å². The maximum atomic E-state index is 12.3. The first-order valence-electron chi connectivity index (χ1n) is 9.09. The molecule has 0 aliphatic heterocycles. The molecule has 1 amide bonds. The van der Waals surface area contributed by atoms with Gasteiger partial charge in [0.15, 0.2) is 6.61 Å². The first kappa shape index (κ1) is 21.3. The Morgan fingerprint density at radius 1 is 1.00 bits per heavy atom. The fourth-order valence-electron chi connectivity index (χ4n) is 2.44. The van der Waals surface area contributed by atoms with Gasteiger partial charge in [-0.05, 0) is 64.8 Å². The molecular weight excluding hydrogens is 448 g/mol. The number of esters is 1. The number of aryl methyl sites for hydroxylation is 1. The van der Waals surface area contributed by atoms with Crippen LogP contribution in [0.15, 0.2) is 82.4 Å². The van der Waals surface area contributed by atoms with Gasteiger partial charge < -0.3 is 9.47 Å². The van der Waals surface area contributed by atoms with Crippen molar-refractivity contribution in [1.29, 1.82) is 0 Å². The van der Waals surface area contributed by atoms with E-state index < -0.39 is 5.97 Å². The molecule has 0 unspecified atom stereocenters. The van der Waals surface area contributed by atoms with Gasteiger partial charge in [0.2, 0.25) is 0 Å². The van der Waals surface area contributed by atoms with Crippen molar-refractivity contribution >= 4 is 34.0 Å². The monoisotopic (exact) mass is 466 g/mol. The van der Waals surface area contributed by atoms with Crippen LogP contribution in [0, 0.1) is 6.92 Å². The third kappa shape index (κ3) is 6.28. The van der Waals surface area contributed by atoms with Gasteiger partial charge in [0.05, 0.1) is 11.8 Å². The lowest BCUT2D eigenvalue weighted by atomic mass is 10.2. The van der Waals surface area contributed by atoms with Crippen molar-refractivity contribution in [3.8, 4) is 11.5 Å². The molecule has 0 aliphatic rings. The molecule has 0 aliphatic carbocycles. The van der Waals surface area contributed by atoms with Crippen LogP contribution in [-0.4, -0.2) is 24.7 Å². The van der Waals surface area contributed by atoms with Crippen LogP contribution in [0.25, 0.3) is 0 Å². The minimum atomic E-state index is -0.474. The van der Waals surface area contributed by atoms with Crippen LogP contribution in [0.1, 0.15) is 21.5 Å². The molecule has 0 saturated carbocycles. The number of benzene rings is 3. The van der Waals surface area contributed by atoms with Gasteiger partial charge in [-0.15, -0.1) is 0 Å². The molecule has 152 valence electrons. The Kier molecular flexibility index (Phi) is 7.34. The van der Waals surface area contributed by atoms with E-state index in [9.17, 15) is 9.59 Å². The summed E-state index contributed by atoms with van der Waals surface area (Å²) in [6.07, 6.45) is 1.46. The zero-order chi connectivity index (χ0) is 21.3. The van der Waals surface area contributed by atoms with Crippen LogP contribution >= 0.6 is 15.9 Å². The molecule has 30 heavy (non-hydrogen) atoms. The second-order valence-electron chi connectivity index (χ2n) is 6.34. The van der Waals surface area contributed by atoms with Crippen LogP contribution in [-0.2, 0) is 4.79 Å². The summed E-state index contributed by atoms with van der Waals surface area (Å²) in [6.45, 7) is 1.83. The molecule has 0 spiro atoms. The minimum Gasteiger partial charge on any atom is -0.484 e. The summed E-state index contributed by atoms with van der Waals surface area (Å²) < 4.78 is 11.5. The second kappa shape index (κ2) is 10.4. The molecule has 3 aromatic carbocycles. The number of ether oxygens (including phenoxy) is 2. The van der Waals surface area contributed by atoms with Crippen molar-refractivity contribution in [3.05, 3.63) is 94.0 Å². The fraction of sp³-hybridized carbons (Fsp3) is 0.0870. The quantitative estimate of drug-likeness (QED) is 0.240. The van der Waals surface area contributed by atoms with Gasteiger partial charge in [0.25, 0.3) is 5.91 Å². The van der Waals surface area contributed by atoms with Crippen LogP contribution in [0.2, 0.25) is 0 Å². The maximum Gasteiger partial charge on any atom is 0.344 e. The second-order valence-corrected chi connectivity index (χ2v) is 7.19. The largest absolute Gasteiger partial charge is 0.484 e. The summed E-state index contributed by atoms with van der Waals surface area (Å²) in [7, 11) is 0. The molecule has 0 atom stereocenters. The number of hydrazone groups is 1. The zero-order valence-electron chi connectivity index (χ0n) is 16.2. The van der Waals surface area contributed by atoms with Crippen LogP contribution in [0.4, 0.5) is 0 Å². The highest BCUT2D eigenvalue weighted by Gasteiger charge is 2.11. The summed E-state index contributed by atoms with van der Waals surface area (Å²) in [4.78, 5) is 24.2. The Hall–Kier alpha value is -3.45. The number of nitrogens with zero attached hydrogens (tertiary/aromatic N) is 1. The van der Waals surface area contributed by atoms with E-state index >= 15 is 0 Å². The normalized spacial score (nSPS) is 10.6. The smallest absolute Gasteiger partial charge is 0.344 e. The molecule has 0 aromatic heterocycles. The van der Waals surface area contributed by atoms with Crippen molar-refractivity contribution in [3.63, 3.8) is 0 Å². The van der Waals surface area contributed by atoms with E-state index in [0.717, 1.165) is 5.56 Å². The first-order valence-corrected chi connectivity index (χ1v) is 9.89. The molecular formula is C23H19BrN2O4. The summed E-state index contributed by atoms with van der Waals surface area (Å²) >= 11 is 3.33. The Bertz CT molecular complexity index is 1060. The van der Waals surface area contributed by atoms with Gasteiger partial charge in [-0.2, -0.15) is 5.10 Å². The Balaban J connectivity index is 1.52. The number of halogens is 1. The Morgan fingerprint density at radius 3 is 2.53 bits per heavy atom. The third-order valence-electron chi connectivity index (χ3n) is 3.96. The van der Waals surface area contributed by atoms with E-state index in [1.165, 1.54) is 6.21 Å². The number of nitrogens with one attached hydrogen (secondary N) is 1. The average Bonchev–Trinajstić information content (AvgIpc) is 2.74. The van der Waals surface area contributed by atoms with E-state index in [4.69, 9.17) is 9.47 Å². The summed E-state index contributed by atoms with van der Waals surface area (Å²) in [5.74, 6) is 0.120. The lowest BCUT2D eigenvalue weighted by Gasteiger charge is -2.06. The molecule has 3 rings (SSSR count). The van der Waals surface area contributed by atoms with Crippen molar-refractivity contribution in [2.45, 2.75) is 6.92 Å². The highest BCUT2D eigenvalue weighted by molar-refractivity contribution is 9.10. The van der Waals surface area contributed by atoms with E-state index in [0.29, 0.717) is 27.1 Å².